The number of carbonyl (C=O) groups excluding carboxylic acids is 3. The molecule has 1 aliphatic carbocycles. The van der Waals surface area contributed by atoms with Crippen LogP contribution in [0.15, 0.2) is 48.5 Å². The van der Waals surface area contributed by atoms with Crippen molar-refractivity contribution < 1.29 is 14.4 Å². The van der Waals surface area contributed by atoms with E-state index >= 15 is 0 Å². The van der Waals surface area contributed by atoms with E-state index in [0.717, 1.165) is 12.0 Å². The fourth-order valence-corrected chi connectivity index (χ4v) is 4.57. The van der Waals surface area contributed by atoms with Gasteiger partial charge in [-0.1, -0.05) is 75.1 Å². The van der Waals surface area contributed by atoms with Crippen LogP contribution in [0, 0.1) is 0 Å². The lowest BCUT2D eigenvalue weighted by Gasteiger charge is -2.21. The first-order valence-corrected chi connectivity index (χ1v) is 12.1. The Hall–Kier alpha value is -3.99. The molecule has 0 spiro atoms. The van der Waals surface area contributed by atoms with Crippen molar-refractivity contribution in [3.8, 4) is 0 Å². The molecule has 0 unspecified atom stereocenters. The summed E-state index contributed by atoms with van der Waals surface area (Å²) in [5, 5.41) is 0. The zero-order valence-corrected chi connectivity index (χ0v) is 20.0. The molecule has 4 N–H and O–H groups in total. The molecule has 5 nitrogen and oxygen atoms in total. The molecule has 3 aromatic rings. The van der Waals surface area contributed by atoms with Crippen LogP contribution in [0.5, 0.6) is 0 Å². The molecule has 0 fully saturated rings. The Bertz CT molecular complexity index is 1320. The van der Waals surface area contributed by atoms with Gasteiger partial charge in [0.1, 0.15) is 0 Å². The number of hydrogen-bond acceptors (Lipinski definition) is 5. The Kier molecular flexibility index (Phi) is 7.25. The van der Waals surface area contributed by atoms with Crippen LogP contribution in [0.3, 0.4) is 0 Å². The number of nitrogen functional groups attached to an aromatic ring is 2. The lowest BCUT2D eigenvalue weighted by molar-refractivity contribution is 0.0980. The van der Waals surface area contributed by atoms with Gasteiger partial charge in [0.2, 0.25) is 0 Å². The van der Waals surface area contributed by atoms with E-state index in [9.17, 15) is 14.4 Å². The van der Waals surface area contributed by atoms with Crippen LogP contribution in [-0.4, -0.2) is 17.9 Å². The second-order valence-corrected chi connectivity index (χ2v) is 9.00. The summed E-state index contributed by atoms with van der Waals surface area (Å²) in [5.41, 5.74) is 16.5. The van der Waals surface area contributed by atoms with Crippen molar-refractivity contribution in [3.05, 3.63) is 93.0 Å². The highest BCUT2D eigenvalue weighted by molar-refractivity contribution is 6.32. The summed E-state index contributed by atoms with van der Waals surface area (Å²) in [7, 11) is 0. The van der Waals surface area contributed by atoms with E-state index in [1.807, 2.05) is 12.2 Å². The van der Waals surface area contributed by atoms with Crippen molar-refractivity contribution in [3.63, 3.8) is 0 Å². The van der Waals surface area contributed by atoms with E-state index in [0.29, 0.717) is 11.8 Å². The van der Waals surface area contributed by atoms with Crippen LogP contribution in [0.25, 0.3) is 12.2 Å². The first-order chi connectivity index (χ1) is 17.0. The number of rotatable bonds is 9. The van der Waals surface area contributed by atoms with E-state index in [1.165, 1.54) is 49.8 Å². The first-order valence-electron chi connectivity index (χ1n) is 12.1. The third-order valence-corrected chi connectivity index (χ3v) is 6.63. The molecule has 0 radical (unpaired) electrons. The molecule has 178 valence electrons. The molecule has 0 saturated carbocycles. The smallest absolute Gasteiger partial charge is 0.196 e. The maximum absolute atomic E-state index is 13.2. The minimum Gasteiger partial charge on any atom is -0.398 e. The number of nitrogens with two attached hydrogens (primary N) is 2. The van der Waals surface area contributed by atoms with Gasteiger partial charge in [-0.05, 0) is 47.7 Å². The predicted octanol–water partition coefficient (Wildman–Crippen LogP) is 6.12. The molecule has 0 heterocycles. The van der Waals surface area contributed by atoms with Gasteiger partial charge in [-0.25, -0.2) is 0 Å². The van der Waals surface area contributed by atoms with Crippen LogP contribution < -0.4 is 11.5 Å². The zero-order chi connectivity index (χ0) is 24.9. The van der Waals surface area contributed by atoms with Gasteiger partial charge in [0.15, 0.2) is 17.9 Å². The minimum absolute atomic E-state index is 0.0217. The van der Waals surface area contributed by atoms with Crippen molar-refractivity contribution >= 4 is 41.4 Å². The summed E-state index contributed by atoms with van der Waals surface area (Å²) in [6, 6.07) is 14.7. The predicted molar refractivity (Wildman–Crippen MR) is 142 cm³/mol. The first kappa shape index (κ1) is 24.1. The average Bonchev–Trinajstić information content (AvgIpc) is 2.87. The van der Waals surface area contributed by atoms with E-state index < -0.39 is 5.78 Å². The van der Waals surface area contributed by atoms with Crippen LogP contribution in [-0.2, 0) is 6.42 Å². The number of carbonyl (C=O) groups is 3. The van der Waals surface area contributed by atoms with E-state index in [-0.39, 0.29) is 45.0 Å². The fourth-order valence-electron chi connectivity index (χ4n) is 4.57. The molecule has 5 heteroatoms. The molecule has 1 aliphatic rings. The van der Waals surface area contributed by atoms with Crippen LogP contribution >= 0.6 is 0 Å². The zero-order valence-electron chi connectivity index (χ0n) is 20.0. The highest BCUT2D eigenvalue weighted by Crippen LogP contribution is 2.36. The van der Waals surface area contributed by atoms with Gasteiger partial charge in [-0.2, -0.15) is 0 Å². The van der Waals surface area contributed by atoms with Gasteiger partial charge < -0.3 is 11.5 Å². The van der Waals surface area contributed by atoms with Crippen molar-refractivity contribution in [1.82, 2.24) is 0 Å². The summed E-state index contributed by atoms with van der Waals surface area (Å²) in [4.78, 5) is 37.6. The summed E-state index contributed by atoms with van der Waals surface area (Å²) in [5.74, 6) is -0.766. The van der Waals surface area contributed by atoms with Crippen LogP contribution in [0.1, 0.15) is 97.9 Å². The van der Waals surface area contributed by atoms with E-state index in [1.54, 1.807) is 12.1 Å². The lowest BCUT2D eigenvalue weighted by atomic mass is 9.80. The number of anilines is 2. The van der Waals surface area contributed by atoms with Crippen molar-refractivity contribution in [1.29, 1.82) is 0 Å². The van der Waals surface area contributed by atoms with Crippen molar-refractivity contribution in [2.45, 2.75) is 45.4 Å². The summed E-state index contributed by atoms with van der Waals surface area (Å²) in [6.07, 6.45) is 11.8. The molecule has 3 aromatic carbocycles. The Balaban J connectivity index is 1.54. The Morgan fingerprint density at radius 1 is 0.686 bits per heavy atom. The number of fused-ring (bicyclic) bond motifs is 2. The van der Waals surface area contributed by atoms with Gasteiger partial charge >= 0.3 is 0 Å². The summed E-state index contributed by atoms with van der Waals surface area (Å²) < 4.78 is 0. The number of hydrogen-bond donors (Lipinski definition) is 2. The Labute approximate surface area is 205 Å². The molecule has 4 rings (SSSR count). The quantitative estimate of drug-likeness (QED) is 0.134. The van der Waals surface area contributed by atoms with Crippen molar-refractivity contribution in [2.75, 3.05) is 11.5 Å². The molecular weight excluding hydrogens is 436 g/mol. The maximum atomic E-state index is 13.2. The van der Waals surface area contributed by atoms with Gasteiger partial charge in [0, 0.05) is 16.7 Å². The number of aryl methyl sites for hydroxylation is 1. The van der Waals surface area contributed by atoms with Gasteiger partial charge in [-0.3, -0.25) is 14.4 Å². The minimum atomic E-state index is -0.400. The molecule has 35 heavy (non-hydrogen) atoms. The van der Waals surface area contributed by atoms with E-state index in [4.69, 9.17) is 11.5 Å². The second kappa shape index (κ2) is 10.5. The SMILES string of the molecule is CCCCCCCc1ccc(/C=C/c2ccc3c(c2N)C(=O)c2ccc(C=O)c(N)c2C3=O)cc1. The van der Waals surface area contributed by atoms with Crippen LogP contribution in [0.4, 0.5) is 11.4 Å². The molecule has 0 atom stereocenters. The fraction of sp³-hybridized carbons (Fsp3) is 0.233. The highest BCUT2D eigenvalue weighted by atomic mass is 16.1. The molecule has 0 aliphatic heterocycles. The normalized spacial score (nSPS) is 12.6. The van der Waals surface area contributed by atoms with Crippen molar-refractivity contribution in [2.24, 2.45) is 0 Å². The summed E-state index contributed by atoms with van der Waals surface area (Å²) >= 11 is 0. The molecule has 0 saturated heterocycles. The molecule has 0 aromatic heterocycles. The molecular formula is C30H30N2O3. The lowest BCUT2D eigenvalue weighted by Crippen LogP contribution is -2.24. The second-order valence-electron chi connectivity index (χ2n) is 9.00. The van der Waals surface area contributed by atoms with Gasteiger partial charge in [0.05, 0.1) is 22.5 Å². The monoisotopic (exact) mass is 466 g/mol. The van der Waals surface area contributed by atoms with Crippen LogP contribution in [0.2, 0.25) is 0 Å². The topological polar surface area (TPSA) is 103 Å². The Morgan fingerprint density at radius 3 is 1.86 bits per heavy atom. The number of benzene rings is 3. The third kappa shape index (κ3) is 4.80. The number of unbranched alkanes of at least 4 members (excludes halogenated alkanes) is 4. The number of aldehydes is 1. The molecule has 0 bridgehead atoms. The maximum Gasteiger partial charge on any atom is 0.196 e. The largest absolute Gasteiger partial charge is 0.398 e. The third-order valence-electron chi connectivity index (χ3n) is 6.63. The Morgan fingerprint density at radius 2 is 1.26 bits per heavy atom. The van der Waals surface area contributed by atoms with E-state index in [2.05, 4.69) is 31.2 Å². The summed E-state index contributed by atoms with van der Waals surface area (Å²) in [6.45, 7) is 2.22. The highest BCUT2D eigenvalue weighted by Gasteiger charge is 2.34. The van der Waals surface area contributed by atoms with Gasteiger partial charge in [-0.15, -0.1) is 0 Å². The average molecular weight is 467 g/mol. The number of ketones is 2. The van der Waals surface area contributed by atoms with Gasteiger partial charge in [0.25, 0.3) is 0 Å². The molecule has 0 amide bonds. The standard InChI is InChI=1S/C30H30N2O3/c1-2-3-4-5-6-7-19-8-10-20(11-9-19)12-13-21-14-16-23-25(27(21)31)29(34)24-17-15-22(18-33)28(32)26(24)30(23)35/h8-18H,2-7,31-32H2,1H3/b13-12+.